The zero-order chi connectivity index (χ0) is 23.3. The molecule has 0 aliphatic heterocycles. The molecule has 0 radical (unpaired) electrons. The first kappa shape index (κ1) is 23.1. The molecule has 1 amide bonds. The Kier molecular flexibility index (Phi) is 7.33. The van der Waals surface area contributed by atoms with Crippen LogP contribution in [0.3, 0.4) is 0 Å². The summed E-state index contributed by atoms with van der Waals surface area (Å²) in [6.07, 6.45) is 2.54. The van der Waals surface area contributed by atoms with Crippen molar-refractivity contribution in [2.75, 3.05) is 5.32 Å². The smallest absolute Gasteiger partial charge is 0.306 e. The van der Waals surface area contributed by atoms with Crippen molar-refractivity contribution in [3.63, 3.8) is 0 Å². The molecule has 2 aromatic carbocycles. The van der Waals surface area contributed by atoms with E-state index in [2.05, 4.69) is 32.3 Å². The van der Waals surface area contributed by atoms with E-state index in [0.717, 1.165) is 16.7 Å². The predicted octanol–water partition coefficient (Wildman–Crippen LogP) is 5.81. The lowest BCUT2D eigenvalue weighted by molar-refractivity contribution is -0.386. The van der Waals surface area contributed by atoms with Crippen LogP contribution >= 0.6 is 15.9 Å². The molecule has 0 aliphatic carbocycles. The monoisotopic (exact) mass is 492 g/mol. The van der Waals surface area contributed by atoms with Crippen LogP contribution in [0.5, 0.6) is 0 Å². The van der Waals surface area contributed by atoms with Crippen LogP contribution in [0.1, 0.15) is 30.0 Å². The number of nitro groups is 1. The van der Waals surface area contributed by atoms with E-state index in [0.29, 0.717) is 29.7 Å². The van der Waals surface area contributed by atoms with Gasteiger partial charge in [0, 0.05) is 5.92 Å². The highest BCUT2D eigenvalue weighted by Gasteiger charge is 2.23. The van der Waals surface area contributed by atoms with Crippen LogP contribution < -0.4 is 5.32 Å². The number of nitriles is 1. The zero-order valence-electron chi connectivity index (χ0n) is 17.6. The Morgan fingerprint density at radius 2 is 1.94 bits per heavy atom. The highest BCUT2D eigenvalue weighted by atomic mass is 79.9. The van der Waals surface area contributed by atoms with Crippen molar-refractivity contribution in [1.82, 2.24) is 4.98 Å². The van der Waals surface area contributed by atoms with Crippen molar-refractivity contribution in [3.8, 4) is 17.2 Å². The number of aromatic nitrogens is 1. The van der Waals surface area contributed by atoms with Crippen LogP contribution in [0.2, 0.25) is 0 Å². The van der Waals surface area contributed by atoms with E-state index in [9.17, 15) is 20.2 Å². The molecule has 1 unspecified atom stereocenters. The van der Waals surface area contributed by atoms with Crippen molar-refractivity contribution < 1.29 is 9.72 Å². The summed E-state index contributed by atoms with van der Waals surface area (Å²) in [4.78, 5) is 27.6. The van der Waals surface area contributed by atoms with E-state index >= 15 is 0 Å². The molecule has 0 saturated carbocycles. The standard InChI is InChI=1S/C24H21BrN4O3/c1-3-17(24(30)28-21-14-27-23(25)22(15(21)2)29(31)32)12-16-8-10-18(11-9-16)20-7-5-4-6-19(20)13-26/h4-11,14,17H,3,12H2,1-2H3,(H,28,30). The summed E-state index contributed by atoms with van der Waals surface area (Å²) in [6.45, 7) is 3.51. The average Bonchev–Trinajstić information content (AvgIpc) is 2.79. The van der Waals surface area contributed by atoms with Gasteiger partial charge in [0.1, 0.15) is 0 Å². The fraction of sp³-hybridized carbons (Fsp3) is 0.208. The first-order valence-corrected chi connectivity index (χ1v) is 10.8. The van der Waals surface area contributed by atoms with Gasteiger partial charge >= 0.3 is 5.69 Å². The molecule has 8 heteroatoms. The van der Waals surface area contributed by atoms with Crippen molar-refractivity contribution in [2.24, 2.45) is 5.92 Å². The first-order chi connectivity index (χ1) is 15.3. The molecule has 0 spiro atoms. The lowest BCUT2D eigenvalue weighted by Crippen LogP contribution is -2.24. The second-order valence-corrected chi connectivity index (χ2v) is 8.10. The van der Waals surface area contributed by atoms with Crippen LogP contribution in [0.15, 0.2) is 59.3 Å². The number of pyridine rings is 1. The van der Waals surface area contributed by atoms with E-state index in [1.54, 1.807) is 13.0 Å². The summed E-state index contributed by atoms with van der Waals surface area (Å²) in [7, 11) is 0. The van der Waals surface area contributed by atoms with Crippen LogP contribution in [0, 0.1) is 34.3 Å². The SMILES string of the molecule is CCC(Cc1ccc(-c2ccccc2C#N)cc1)C(=O)Nc1cnc(Br)c([N+](=O)[O-])c1C. The van der Waals surface area contributed by atoms with E-state index < -0.39 is 4.92 Å². The molecule has 0 fully saturated rings. The molecule has 1 heterocycles. The van der Waals surface area contributed by atoms with Crippen LogP contribution in [-0.4, -0.2) is 15.8 Å². The Balaban J connectivity index is 1.76. The maximum Gasteiger partial charge on any atom is 0.306 e. The lowest BCUT2D eigenvalue weighted by atomic mass is 9.93. The van der Waals surface area contributed by atoms with E-state index in [4.69, 9.17) is 0 Å². The van der Waals surface area contributed by atoms with Gasteiger partial charge in [-0.25, -0.2) is 4.98 Å². The molecule has 7 nitrogen and oxygen atoms in total. The van der Waals surface area contributed by atoms with Gasteiger partial charge in [0.05, 0.1) is 34.0 Å². The Labute approximate surface area is 194 Å². The number of amides is 1. The summed E-state index contributed by atoms with van der Waals surface area (Å²) in [6, 6.07) is 17.4. The van der Waals surface area contributed by atoms with Crippen LogP contribution in [-0.2, 0) is 11.2 Å². The highest BCUT2D eigenvalue weighted by molar-refractivity contribution is 9.10. The van der Waals surface area contributed by atoms with Gasteiger partial charge in [-0.15, -0.1) is 0 Å². The highest BCUT2D eigenvalue weighted by Crippen LogP contribution is 2.32. The maximum absolute atomic E-state index is 12.9. The van der Waals surface area contributed by atoms with Crippen molar-refractivity contribution in [1.29, 1.82) is 5.26 Å². The number of halogens is 1. The molecule has 32 heavy (non-hydrogen) atoms. The summed E-state index contributed by atoms with van der Waals surface area (Å²) < 4.78 is 0.128. The molecule has 0 saturated heterocycles. The fourth-order valence-electron chi connectivity index (χ4n) is 3.49. The van der Waals surface area contributed by atoms with Crippen molar-refractivity contribution in [2.45, 2.75) is 26.7 Å². The topological polar surface area (TPSA) is 109 Å². The third-order valence-electron chi connectivity index (χ3n) is 5.36. The predicted molar refractivity (Wildman–Crippen MR) is 126 cm³/mol. The first-order valence-electron chi connectivity index (χ1n) is 10.0. The number of hydrogen-bond donors (Lipinski definition) is 1. The molecule has 0 aliphatic rings. The Morgan fingerprint density at radius 3 is 2.56 bits per heavy atom. The number of nitrogens with zero attached hydrogens (tertiary/aromatic N) is 3. The molecule has 1 aromatic heterocycles. The number of benzene rings is 2. The summed E-state index contributed by atoms with van der Waals surface area (Å²) in [5.74, 6) is -0.526. The molecular weight excluding hydrogens is 472 g/mol. The molecule has 0 bridgehead atoms. The van der Waals surface area contributed by atoms with Gasteiger partial charge in [-0.1, -0.05) is 49.4 Å². The average molecular weight is 493 g/mol. The van der Waals surface area contributed by atoms with Crippen LogP contribution in [0.25, 0.3) is 11.1 Å². The second-order valence-electron chi connectivity index (χ2n) is 7.35. The summed E-state index contributed by atoms with van der Waals surface area (Å²) in [5.41, 5.74) is 3.91. The third kappa shape index (κ3) is 5.01. The van der Waals surface area contributed by atoms with Gasteiger partial charge in [-0.05, 0) is 58.5 Å². The Morgan fingerprint density at radius 1 is 1.25 bits per heavy atom. The van der Waals surface area contributed by atoms with Gasteiger partial charge in [0.15, 0.2) is 4.60 Å². The molecule has 1 N–H and O–H groups in total. The Hall–Kier alpha value is -3.57. The molecular formula is C24H21BrN4O3. The third-order valence-corrected chi connectivity index (χ3v) is 5.94. The fourth-order valence-corrected chi connectivity index (χ4v) is 4.04. The van der Waals surface area contributed by atoms with Gasteiger partial charge < -0.3 is 5.32 Å². The van der Waals surface area contributed by atoms with E-state index in [-0.39, 0.29) is 22.1 Å². The van der Waals surface area contributed by atoms with Gasteiger partial charge in [0.2, 0.25) is 5.91 Å². The number of nitrogens with one attached hydrogen (secondary N) is 1. The number of anilines is 1. The van der Waals surface area contributed by atoms with E-state index in [1.807, 2.05) is 49.4 Å². The van der Waals surface area contributed by atoms with Crippen LogP contribution in [0.4, 0.5) is 11.4 Å². The minimum absolute atomic E-state index is 0.128. The number of rotatable bonds is 7. The quantitative estimate of drug-likeness (QED) is 0.254. The number of carbonyl (C=O) groups excluding carboxylic acids is 1. The Bertz CT molecular complexity index is 1200. The summed E-state index contributed by atoms with van der Waals surface area (Å²) >= 11 is 3.08. The second kappa shape index (κ2) is 10.2. The number of hydrogen-bond acceptors (Lipinski definition) is 5. The minimum atomic E-state index is -0.522. The zero-order valence-corrected chi connectivity index (χ0v) is 19.2. The van der Waals surface area contributed by atoms with Gasteiger partial charge in [-0.3, -0.25) is 14.9 Å². The van der Waals surface area contributed by atoms with E-state index in [1.165, 1.54) is 6.20 Å². The van der Waals surface area contributed by atoms with Gasteiger partial charge in [0.25, 0.3) is 0 Å². The molecule has 3 aromatic rings. The largest absolute Gasteiger partial charge is 0.324 e. The molecule has 3 rings (SSSR count). The van der Waals surface area contributed by atoms with Crippen molar-refractivity contribution >= 4 is 33.2 Å². The number of carbonyl (C=O) groups is 1. The minimum Gasteiger partial charge on any atom is -0.324 e. The van der Waals surface area contributed by atoms with Crippen molar-refractivity contribution in [3.05, 3.63) is 86.1 Å². The molecule has 1 atom stereocenters. The lowest BCUT2D eigenvalue weighted by Gasteiger charge is -2.16. The van der Waals surface area contributed by atoms with Gasteiger partial charge in [-0.2, -0.15) is 5.26 Å². The summed E-state index contributed by atoms with van der Waals surface area (Å²) in [5, 5.41) is 23.4. The maximum atomic E-state index is 12.9. The molecule has 162 valence electrons. The normalized spacial score (nSPS) is 11.4.